The van der Waals surface area contributed by atoms with E-state index in [0.29, 0.717) is 30.5 Å². The van der Waals surface area contributed by atoms with E-state index >= 15 is 0 Å². The van der Waals surface area contributed by atoms with Crippen molar-refractivity contribution >= 4 is 5.91 Å². The predicted molar refractivity (Wildman–Crippen MR) is 84.5 cm³/mol. The molecule has 0 saturated carbocycles. The van der Waals surface area contributed by atoms with E-state index in [0.717, 1.165) is 32.5 Å². The highest BCUT2D eigenvalue weighted by Gasteiger charge is 2.26. The molecule has 4 nitrogen and oxygen atoms in total. The van der Waals surface area contributed by atoms with Gasteiger partial charge in [-0.3, -0.25) is 9.69 Å². The molecule has 2 N–H and O–H groups in total. The average Bonchev–Trinajstić information content (AvgIpc) is 2.30. The Morgan fingerprint density at radius 3 is 2.25 bits per heavy atom. The van der Waals surface area contributed by atoms with E-state index in [4.69, 9.17) is 5.73 Å². The quantitative estimate of drug-likeness (QED) is 0.810. The molecule has 0 spiro atoms. The zero-order valence-corrected chi connectivity index (χ0v) is 13.9. The first-order valence-electron chi connectivity index (χ1n) is 8.07. The first-order valence-corrected chi connectivity index (χ1v) is 8.07. The zero-order chi connectivity index (χ0) is 15.3. The van der Waals surface area contributed by atoms with Crippen LogP contribution in [0.2, 0.25) is 0 Å². The van der Waals surface area contributed by atoms with Gasteiger partial charge in [-0.2, -0.15) is 0 Å². The lowest BCUT2D eigenvalue weighted by Crippen LogP contribution is -2.50. The largest absolute Gasteiger partial charge is 0.341 e. The number of hydrogen-bond donors (Lipinski definition) is 1. The molecule has 0 aromatic heterocycles. The highest BCUT2D eigenvalue weighted by atomic mass is 16.2. The minimum Gasteiger partial charge on any atom is -0.341 e. The molecule has 1 saturated heterocycles. The molecule has 0 aromatic rings. The minimum absolute atomic E-state index is 0.273. The molecule has 1 rings (SSSR count). The summed E-state index contributed by atoms with van der Waals surface area (Å²) in [7, 11) is 0. The molecule has 0 aliphatic carbocycles. The van der Waals surface area contributed by atoms with E-state index < -0.39 is 0 Å². The number of carbonyl (C=O) groups excluding carboxylic acids is 1. The normalized spacial score (nSPS) is 24.4. The van der Waals surface area contributed by atoms with Gasteiger partial charge in [0.2, 0.25) is 5.91 Å². The second-order valence-corrected chi connectivity index (χ2v) is 7.19. The molecule has 20 heavy (non-hydrogen) atoms. The Bertz CT molecular complexity index is 294. The van der Waals surface area contributed by atoms with Crippen LogP contribution in [-0.4, -0.2) is 54.0 Å². The van der Waals surface area contributed by atoms with Crippen molar-refractivity contribution in [3.05, 3.63) is 0 Å². The van der Waals surface area contributed by atoms with Crippen LogP contribution < -0.4 is 5.73 Å². The topological polar surface area (TPSA) is 49.6 Å². The summed E-state index contributed by atoms with van der Waals surface area (Å²) in [4.78, 5) is 16.9. The third kappa shape index (κ3) is 5.80. The molecule has 0 radical (unpaired) electrons. The Kier molecular flexibility index (Phi) is 6.96. The van der Waals surface area contributed by atoms with Crippen LogP contribution in [0, 0.1) is 11.8 Å². The number of likely N-dealkylation sites (tertiary alicyclic amines) is 1. The van der Waals surface area contributed by atoms with Crippen molar-refractivity contribution < 1.29 is 4.79 Å². The van der Waals surface area contributed by atoms with Crippen molar-refractivity contribution in [2.75, 3.05) is 26.2 Å². The summed E-state index contributed by atoms with van der Waals surface area (Å²) in [6.45, 7) is 14.1. The maximum absolute atomic E-state index is 12.6. The van der Waals surface area contributed by atoms with Crippen molar-refractivity contribution in [1.82, 2.24) is 9.80 Å². The number of amides is 1. The third-order valence-corrected chi connectivity index (χ3v) is 3.92. The number of carbonyl (C=O) groups is 1. The number of nitrogens with zero attached hydrogens (tertiary/aromatic N) is 2. The molecule has 4 heteroatoms. The van der Waals surface area contributed by atoms with Gasteiger partial charge in [0.15, 0.2) is 0 Å². The van der Waals surface area contributed by atoms with E-state index in [1.807, 2.05) is 4.90 Å². The molecular weight excluding hydrogens is 250 g/mol. The van der Waals surface area contributed by atoms with Crippen LogP contribution in [0.25, 0.3) is 0 Å². The van der Waals surface area contributed by atoms with E-state index in [1.54, 1.807) is 0 Å². The van der Waals surface area contributed by atoms with E-state index in [1.165, 1.54) is 0 Å². The molecule has 0 bridgehead atoms. The lowest BCUT2D eigenvalue weighted by molar-refractivity contribution is -0.134. The molecular formula is C16H33N3O. The van der Waals surface area contributed by atoms with Gasteiger partial charge in [-0.15, -0.1) is 0 Å². The molecule has 1 aliphatic heterocycles. The van der Waals surface area contributed by atoms with Gasteiger partial charge in [-0.25, -0.2) is 0 Å². The second-order valence-electron chi connectivity index (χ2n) is 7.19. The summed E-state index contributed by atoms with van der Waals surface area (Å²) in [5.74, 6) is 1.31. The second kappa shape index (κ2) is 7.99. The van der Waals surface area contributed by atoms with Gasteiger partial charge in [0.25, 0.3) is 0 Å². The standard InChI is InChI=1S/C16H33N3O/c1-12(2)9-19(10-13(3)4)16(20)11-18-7-6-15(17)8-14(18)5/h12-15H,6-11,17H2,1-5H3. The molecule has 1 fully saturated rings. The Labute approximate surface area is 124 Å². The van der Waals surface area contributed by atoms with Crippen LogP contribution in [0.4, 0.5) is 0 Å². The first kappa shape index (κ1) is 17.4. The molecule has 1 aliphatic rings. The van der Waals surface area contributed by atoms with Crippen molar-refractivity contribution in [2.24, 2.45) is 17.6 Å². The van der Waals surface area contributed by atoms with Gasteiger partial charge in [-0.05, 0) is 31.6 Å². The lowest BCUT2D eigenvalue weighted by atomic mass is 9.99. The van der Waals surface area contributed by atoms with Crippen molar-refractivity contribution in [3.63, 3.8) is 0 Å². The number of nitrogens with two attached hydrogens (primary N) is 1. The molecule has 2 atom stereocenters. The van der Waals surface area contributed by atoms with E-state index in [-0.39, 0.29) is 5.91 Å². The Morgan fingerprint density at radius 1 is 1.25 bits per heavy atom. The number of hydrogen-bond acceptors (Lipinski definition) is 3. The smallest absolute Gasteiger partial charge is 0.236 e. The van der Waals surface area contributed by atoms with Gasteiger partial charge in [0, 0.05) is 31.7 Å². The average molecular weight is 283 g/mol. The van der Waals surface area contributed by atoms with Gasteiger partial charge < -0.3 is 10.6 Å². The Balaban J connectivity index is 2.56. The molecule has 2 unspecified atom stereocenters. The maximum Gasteiger partial charge on any atom is 0.236 e. The summed E-state index contributed by atoms with van der Waals surface area (Å²) in [6.07, 6.45) is 2.01. The molecule has 118 valence electrons. The monoisotopic (exact) mass is 283 g/mol. The van der Waals surface area contributed by atoms with Crippen molar-refractivity contribution in [1.29, 1.82) is 0 Å². The van der Waals surface area contributed by atoms with Gasteiger partial charge in [-0.1, -0.05) is 27.7 Å². The number of piperidine rings is 1. The fourth-order valence-corrected chi connectivity index (χ4v) is 2.93. The Morgan fingerprint density at radius 2 is 1.80 bits per heavy atom. The SMILES string of the molecule is CC(C)CN(CC(C)C)C(=O)CN1CCC(N)CC1C. The zero-order valence-electron chi connectivity index (χ0n) is 13.9. The van der Waals surface area contributed by atoms with Gasteiger partial charge in [0.1, 0.15) is 0 Å². The fraction of sp³-hybridized carbons (Fsp3) is 0.938. The summed E-state index contributed by atoms with van der Waals surface area (Å²) >= 11 is 0. The van der Waals surface area contributed by atoms with E-state index in [2.05, 4.69) is 39.5 Å². The highest BCUT2D eigenvalue weighted by Crippen LogP contribution is 2.16. The molecule has 0 aromatic carbocycles. The first-order chi connectivity index (χ1) is 9.29. The molecule has 1 amide bonds. The van der Waals surface area contributed by atoms with Crippen LogP contribution >= 0.6 is 0 Å². The van der Waals surface area contributed by atoms with E-state index in [9.17, 15) is 4.79 Å². The van der Waals surface area contributed by atoms with Crippen molar-refractivity contribution in [2.45, 2.75) is 59.5 Å². The van der Waals surface area contributed by atoms with Crippen LogP contribution in [-0.2, 0) is 4.79 Å². The van der Waals surface area contributed by atoms with Crippen LogP contribution in [0.15, 0.2) is 0 Å². The highest BCUT2D eigenvalue weighted by molar-refractivity contribution is 5.78. The Hall–Kier alpha value is -0.610. The summed E-state index contributed by atoms with van der Waals surface area (Å²) in [5, 5.41) is 0. The lowest BCUT2D eigenvalue weighted by Gasteiger charge is -2.37. The summed E-state index contributed by atoms with van der Waals surface area (Å²) in [5.41, 5.74) is 5.99. The predicted octanol–water partition coefficient (Wildman–Crippen LogP) is 1.94. The minimum atomic E-state index is 0.273. The van der Waals surface area contributed by atoms with Gasteiger partial charge >= 0.3 is 0 Å². The summed E-state index contributed by atoms with van der Waals surface area (Å²) < 4.78 is 0. The summed E-state index contributed by atoms with van der Waals surface area (Å²) in [6, 6.07) is 0.724. The van der Waals surface area contributed by atoms with Gasteiger partial charge in [0.05, 0.1) is 6.54 Å². The maximum atomic E-state index is 12.6. The number of rotatable bonds is 6. The fourth-order valence-electron chi connectivity index (χ4n) is 2.93. The van der Waals surface area contributed by atoms with Crippen LogP contribution in [0.1, 0.15) is 47.5 Å². The third-order valence-electron chi connectivity index (χ3n) is 3.92. The molecule has 1 heterocycles. The van der Waals surface area contributed by atoms with Crippen LogP contribution in [0.3, 0.4) is 0 Å². The van der Waals surface area contributed by atoms with Crippen LogP contribution in [0.5, 0.6) is 0 Å². The van der Waals surface area contributed by atoms with Crippen molar-refractivity contribution in [3.8, 4) is 0 Å².